The first kappa shape index (κ1) is 65.6. The van der Waals surface area contributed by atoms with E-state index in [1.54, 1.807) is 13.1 Å². The van der Waals surface area contributed by atoms with E-state index in [0.717, 1.165) is 37.1 Å². The standard InChI is InChI=1S/C58H85F3N8O12S/c1-9-43(71)37(5)51-44(79-51)31-34(2)15-14-16-35(3)50-36(4)20-25-46(56(6,78)27-26-40(70)32-48(73)81-50)80-55(77)62-28-13-12-17-41(63-52(74)38-21-23-39(24-22-38)57(66-67-57)58(59,60)61)53(75)69(8)30-29-68(7)47(72)19-11-10-18-45-49-42(33-82-45)64-54(76)65-49/h14-16,20-25,34,36-37,40-46,49-51,70-71,78H,9-13,17-19,26-33H2,1-8H3,(H,62,77)(H,63,74)(H2,64,65,76)/b15-14+,25-20+,35-16+/t34?,36?,37?,40?,41-,42-,43?,44?,45-,46?,49-,50?,51?,56?/m0/s1. The number of nitrogens with one attached hydrogen (secondary N) is 4. The van der Waals surface area contributed by atoms with Crippen molar-refractivity contribution in [3.63, 3.8) is 0 Å². The van der Waals surface area contributed by atoms with Crippen molar-refractivity contribution in [2.45, 2.75) is 196 Å². The number of esters is 1. The van der Waals surface area contributed by atoms with Crippen molar-refractivity contribution in [1.29, 1.82) is 0 Å². The Morgan fingerprint density at radius 3 is 2.41 bits per heavy atom. The number of carbonyl (C=O) groups is 6. The van der Waals surface area contributed by atoms with E-state index in [9.17, 15) is 57.3 Å². The van der Waals surface area contributed by atoms with E-state index in [-0.39, 0.29) is 110 Å². The first-order chi connectivity index (χ1) is 38.7. The van der Waals surface area contributed by atoms with Gasteiger partial charge in [0, 0.05) is 74.1 Å². The number of aliphatic hydroxyl groups is 3. The molecule has 6 amide bonds. The number of unbranched alkanes of at least 4 members (excludes halogenated alkanes) is 2. The molecule has 82 heavy (non-hydrogen) atoms. The Bertz CT molecular complexity index is 2490. The van der Waals surface area contributed by atoms with Gasteiger partial charge in [-0.2, -0.15) is 24.9 Å². The molecule has 1 aromatic rings. The topological polar surface area (TPSA) is 273 Å². The van der Waals surface area contributed by atoms with Crippen LogP contribution in [-0.2, 0) is 34.3 Å². The van der Waals surface area contributed by atoms with Crippen molar-refractivity contribution in [1.82, 2.24) is 31.1 Å². The van der Waals surface area contributed by atoms with Crippen LogP contribution in [0, 0.1) is 17.8 Å². The van der Waals surface area contributed by atoms with Crippen LogP contribution in [0.15, 0.2) is 70.4 Å². The molecule has 3 fully saturated rings. The van der Waals surface area contributed by atoms with E-state index < -0.39 is 77.7 Å². The van der Waals surface area contributed by atoms with Gasteiger partial charge in [0.2, 0.25) is 11.8 Å². The molecule has 5 aliphatic rings. The number of nitrogens with zero attached hydrogens (tertiary/aromatic N) is 4. The zero-order chi connectivity index (χ0) is 60.1. The number of alkyl carbamates (subject to hydrolysis) is 1. The van der Waals surface area contributed by atoms with Gasteiger partial charge in [0.25, 0.3) is 5.91 Å². The lowest BCUT2D eigenvalue weighted by molar-refractivity contribution is -0.166. The van der Waals surface area contributed by atoms with Gasteiger partial charge in [0.15, 0.2) is 6.10 Å². The summed E-state index contributed by atoms with van der Waals surface area (Å²) in [5.74, 6) is -1.33. The Morgan fingerprint density at radius 2 is 1.73 bits per heavy atom. The second-order valence-electron chi connectivity index (χ2n) is 23.1. The Hall–Kier alpha value is -5.56. The highest BCUT2D eigenvalue weighted by atomic mass is 32.2. The molecule has 10 unspecified atom stereocenters. The fourth-order valence-corrected chi connectivity index (χ4v) is 12.2. The highest BCUT2D eigenvalue weighted by Crippen LogP contribution is 2.52. The van der Waals surface area contributed by atoms with Crippen molar-refractivity contribution in [3.05, 3.63) is 71.3 Å². The van der Waals surface area contributed by atoms with Crippen LogP contribution in [0.2, 0.25) is 0 Å². The zero-order valence-electron chi connectivity index (χ0n) is 48.4. The molecule has 6 rings (SSSR count). The number of cyclic esters (lactones) is 1. The van der Waals surface area contributed by atoms with E-state index in [0.29, 0.717) is 37.7 Å². The third-order valence-electron chi connectivity index (χ3n) is 16.3. The van der Waals surface area contributed by atoms with E-state index >= 15 is 0 Å². The third-order valence-corrected chi connectivity index (χ3v) is 17.8. The third kappa shape index (κ3) is 18.2. The van der Waals surface area contributed by atoms with Gasteiger partial charge >= 0.3 is 29.9 Å². The quantitative estimate of drug-likeness (QED) is 0.0123. The minimum Gasteiger partial charge on any atom is -0.457 e. The molecule has 0 aliphatic carbocycles. The number of thioether (sulfide) groups is 1. The van der Waals surface area contributed by atoms with Gasteiger partial charge < -0.3 is 60.6 Å². The number of carbonyl (C=O) groups excluding carboxylic acids is 6. The molecule has 7 N–H and O–H groups in total. The number of hydrogen-bond donors (Lipinski definition) is 7. The number of amides is 6. The maximum absolute atomic E-state index is 14.0. The number of urea groups is 1. The number of fused-ring (bicyclic) bond motifs is 1. The summed E-state index contributed by atoms with van der Waals surface area (Å²) in [4.78, 5) is 81.9. The van der Waals surface area contributed by atoms with Crippen LogP contribution in [0.3, 0.4) is 0 Å². The SMILES string of the molecule is CCC(O)C(C)C1OC1CC(C)/C=C/C=C(\C)C1OC(=O)CC(O)CCC(C)(O)C(OC(=O)NCCCC[C@H](NC(=O)c2ccc(C3(C(F)(F)F)N=N3)cc2)C(=O)N(C)CCN(C)C(=O)CCCC[C@@H]2SC[C@@H]3NC(=O)N[C@@H]32)/C=C/C1C. The molecule has 0 spiro atoms. The summed E-state index contributed by atoms with van der Waals surface area (Å²) in [6.07, 6.45) is 4.34. The minimum atomic E-state index is -4.76. The molecule has 14 atom stereocenters. The lowest BCUT2D eigenvalue weighted by atomic mass is 9.88. The van der Waals surface area contributed by atoms with Crippen LogP contribution >= 0.6 is 11.8 Å². The van der Waals surface area contributed by atoms with Crippen molar-refractivity contribution in [3.8, 4) is 0 Å². The van der Waals surface area contributed by atoms with Crippen LogP contribution < -0.4 is 21.3 Å². The number of benzene rings is 1. The molecular weight excluding hydrogens is 1090 g/mol. The van der Waals surface area contributed by atoms with Gasteiger partial charge in [-0.15, -0.1) is 10.2 Å². The number of aliphatic hydroxyl groups excluding tert-OH is 2. The Labute approximate surface area is 483 Å². The number of epoxide rings is 1. The molecule has 456 valence electrons. The second-order valence-corrected chi connectivity index (χ2v) is 24.3. The smallest absolute Gasteiger partial charge is 0.442 e. The molecule has 5 aliphatic heterocycles. The van der Waals surface area contributed by atoms with Crippen molar-refractivity contribution in [2.75, 3.05) is 39.5 Å². The predicted molar refractivity (Wildman–Crippen MR) is 301 cm³/mol. The van der Waals surface area contributed by atoms with Gasteiger partial charge in [-0.25, -0.2) is 9.59 Å². The van der Waals surface area contributed by atoms with Crippen LogP contribution in [0.1, 0.15) is 135 Å². The molecule has 1 aromatic carbocycles. The largest absolute Gasteiger partial charge is 0.457 e. The summed E-state index contributed by atoms with van der Waals surface area (Å²) in [6, 6.07) is 3.55. The summed E-state index contributed by atoms with van der Waals surface area (Å²) in [6.45, 7) is 11.5. The highest BCUT2D eigenvalue weighted by Gasteiger charge is 2.65. The average Bonchev–Trinajstić information content (AvgIpc) is 3.28. The first-order valence-corrected chi connectivity index (χ1v) is 29.8. The van der Waals surface area contributed by atoms with Gasteiger partial charge in [0.05, 0.1) is 42.9 Å². The Kier molecular flexibility index (Phi) is 23.4. The van der Waals surface area contributed by atoms with E-state index in [1.807, 2.05) is 57.7 Å². The number of likely N-dealkylation sites (N-methyl/N-ethyl adjacent to an activating group) is 2. The van der Waals surface area contributed by atoms with E-state index in [1.165, 1.54) is 42.0 Å². The van der Waals surface area contributed by atoms with Crippen molar-refractivity contribution >= 4 is 47.6 Å². The predicted octanol–water partition coefficient (Wildman–Crippen LogP) is 6.98. The highest BCUT2D eigenvalue weighted by molar-refractivity contribution is 8.00. The summed E-state index contributed by atoms with van der Waals surface area (Å²) < 4.78 is 58.6. The molecule has 3 saturated heterocycles. The molecule has 5 heterocycles. The molecule has 0 bridgehead atoms. The average molecular weight is 1180 g/mol. The molecule has 24 heteroatoms. The van der Waals surface area contributed by atoms with Gasteiger partial charge in [0.1, 0.15) is 17.7 Å². The minimum absolute atomic E-state index is 0.00484. The number of hydrogen-bond acceptors (Lipinski definition) is 15. The summed E-state index contributed by atoms with van der Waals surface area (Å²) in [5, 5.41) is 50.7. The Morgan fingerprint density at radius 1 is 1.02 bits per heavy atom. The van der Waals surface area contributed by atoms with Crippen LogP contribution in [0.25, 0.3) is 0 Å². The normalized spacial score (nSPS) is 28.9. The van der Waals surface area contributed by atoms with Gasteiger partial charge in [-0.3, -0.25) is 19.2 Å². The lowest BCUT2D eigenvalue weighted by Gasteiger charge is -2.32. The molecule has 0 aromatic heterocycles. The first-order valence-electron chi connectivity index (χ1n) is 28.7. The number of halogens is 3. The van der Waals surface area contributed by atoms with Crippen LogP contribution in [0.4, 0.5) is 22.8 Å². The van der Waals surface area contributed by atoms with Gasteiger partial charge in [-0.1, -0.05) is 70.6 Å². The molecular formula is C58H85F3N8O12S. The van der Waals surface area contributed by atoms with Crippen molar-refractivity contribution in [2.24, 2.45) is 28.0 Å². The van der Waals surface area contributed by atoms with Crippen LogP contribution in [-0.4, -0.2) is 172 Å². The maximum Gasteiger partial charge on any atom is 0.442 e. The Balaban J connectivity index is 1.02. The van der Waals surface area contributed by atoms with Crippen molar-refractivity contribution < 1.29 is 71.5 Å². The number of rotatable bonds is 26. The second kappa shape index (κ2) is 29.3. The summed E-state index contributed by atoms with van der Waals surface area (Å²) >= 11 is 1.81. The number of alkyl halides is 3. The molecule has 0 saturated carbocycles. The fraction of sp³-hybridized carbons (Fsp3) is 0.690. The van der Waals surface area contributed by atoms with Gasteiger partial charge in [-0.05, 0) is 101 Å². The lowest BCUT2D eigenvalue weighted by Crippen LogP contribution is -2.49. The summed E-state index contributed by atoms with van der Waals surface area (Å²) in [7, 11) is 3.18. The van der Waals surface area contributed by atoms with E-state index in [4.69, 9.17) is 14.2 Å². The summed E-state index contributed by atoms with van der Waals surface area (Å²) in [5.41, 5.74) is -3.92. The molecule has 20 nitrogen and oxygen atoms in total. The zero-order valence-corrected chi connectivity index (χ0v) is 49.2. The number of ether oxygens (including phenoxy) is 3. The monoisotopic (exact) mass is 1170 g/mol. The number of allylic oxidation sites excluding steroid dienone is 3. The van der Waals surface area contributed by atoms with E-state index in [2.05, 4.69) is 38.4 Å². The van der Waals surface area contributed by atoms with Crippen LogP contribution in [0.5, 0.6) is 0 Å². The fourth-order valence-electron chi connectivity index (χ4n) is 10.7. The maximum atomic E-state index is 14.0. The molecule has 0 radical (unpaired) electrons.